The average Bonchev–Trinajstić information content (AvgIpc) is 3.12. The minimum atomic E-state index is -0.718. The van der Waals surface area contributed by atoms with Gasteiger partial charge in [0.25, 0.3) is 0 Å². The monoisotopic (exact) mass is 384 g/mol. The summed E-state index contributed by atoms with van der Waals surface area (Å²) in [5.41, 5.74) is 1.81. The zero-order valence-corrected chi connectivity index (χ0v) is 15.3. The molecule has 0 spiro atoms. The quantitative estimate of drug-likeness (QED) is 0.695. The van der Waals surface area contributed by atoms with E-state index in [1.165, 1.54) is 18.2 Å². The van der Waals surface area contributed by atoms with Crippen molar-refractivity contribution in [2.45, 2.75) is 12.8 Å². The van der Waals surface area contributed by atoms with Crippen molar-refractivity contribution in [3.63, 3.8) is 0 Å². The third-order valence-corrected chi connectivity index (χ3v) is 4.52. The van der Waals surface area contributed by atoms with E-state index in [0.29, 0.717) is 29.4 Å². The summed E-state index contributed by atoms with van der Waals surface area (Å²) < 4.78 is 39.2. The molecule has 144 valence electrons. The molecule has 0 aliphatic carbocycles. The number of ether oxygens (including phenoxy) is 2. The highest BCUT2D eigenvalue weighted by atomic mass is 19.1. The lowest BCUT2D eigenvalue weighted by Crippen LogP contribution is -2.14. The van der Waals surface area contributed by atoms with Crippen molar-refractivity contribution in [2.24, 2.45) is 0 Å². The first-order valence-electron chi connectivity index (χ1n) is 8.63. The lowest BCUT2D eigenvalue weighted by Gasteiger charge is -2.16. The van der Waals surface area contributed by atoms with Gasteiger partial charge in [0, 0.05) is 19.3 Å². The number of hydrogen-bond donors (Lipinski definition) is 2. The second-order valence-corrected chi connectivity index (χ2v) is 6.20. The van der Waals surface area contributed by atoms with E-state index in [4.69, 9.17) is 9.47 Å². The highest BCUT2D eigenvalue weighted by Crippen LogP contribution is 2.35. The zero-order valence-electron chi connectivity index (χ0n) is 15.3. The van der Waals surface area contributed by atoms with E-state index in [-0.39, 0.29) is 11.4 Å². The Morgan fingerprint density at radius 2 is 1.75 bits per heavy atom. The van der Waals surface area contributed by atoms with Crippen LogP contribution in [0.15, 0.2) is 42.5 Å². The molecule has 28 heavy (non-hydrogen) atoms. The molecule has 0 bridgehead atoms. The van der Waals surface area contributed by atoms with Crippen LogP contribution in [-0.4, -0.2) is 24.2 Å². The smallest absolute Gasteiger partial charge is 0.167 e. The molecule has 0 amide bonds. The van der Waals surface area contributed by atoms with E-state index in [9.17, 15) is 8.78 Å². The van der Waals surface area contributed by atoms with Crippen LogP contribution >= 0.6 is 0 Å². The Hall–Kier alpha value is -3.10. The molecule has 0 saturated heterocycles. The average molecular weight is 384 g/mol. The normalized spacial score (nSPS) is 15.4. The number of rotatable bonds is 5. The molecule has 1 aliphatic heterocycles. The van der Waals surface area contributed by atoms with Crippen molar-refractivity contribution < 1.29 is 18.3 Å². The van der Waals surface area contributed by atoms with Crippen LogP contribution in [0.5, 0.6) is 5.75 Å². The summed E-state index contributed by atoms with van der Waals surface area (Å²) in [4.78, 5) is 8.80. The molecule has 1 aliphatic rings. The van der Waals surface area contributed by atoms with Gasteiger partial charge in [-0.3, -0.25) is 5.32 Å². The van der Waals surface area contributed by atoms with Gasteiger partial charge in [0.2, 0.25) is 0 Å². The number of nitrogens with zero attached hydrogens (tertiary/aromatic N) is 2. The second kappa shape index (κ2) is 7.49. The van der Waals surface area contributed by atoms with E-state index in [2.05, 4.69) is 20.6 Å². The Balaban J connectivity index is 1.82. The zero-order chi connectivity index (χ0) is 19.7. The molecule has 2 N–H and O–H groups in total. The molecule has 1 aromatic heterocycles. The highest BCUT2D eigenvalue weighted by Gasteiger charge is 2.29. The van der Waals surface area contributed by atoms with Gasteiger partial charge in [0.05, 0.1) is 23.9 Å². The number of anilines is 2. The molecule has 8 heteroatoms. The maximum atomic E-state index is 14.3. The summed E-state index contributed by atoms with van der Waals surface area (Å²) in [6.07, 6.45) is -0.421. The van der Waals surface area contributed by atoms with E-state index in [1.807, 2.05) is 12.1 Å². The van der Waals surface area contributed by atoms with Crippen molar-refractivity contribution in [3.8, 4) is 17.1 Å². The number of fused-ring (bicyclic) bond motifs is 1. The first kappa shape index (κ1) is 18.3. The summed E-state index contributed by atoms with van der Waals surface area (Å²) in [5, 5.41) is 6.35. The van der Waals surface area contributed by atoms with Crippen LogP contribution in [0.1, 0.15) is 17.5 Å². The third-order valence-electron chi connectivity index (χ3n) is 4.52. The first-order valence-corrected chi connectivity index (χ1v) is 8.63. The molecular weight excluding hydrogens is 366 g/mol. The Morgan fingerprint density at radius 3 is 2.39 bits per heavy atom. The molecule has 0 fully saturated rings. The van der Waals surface area contributed by atoms with Gasteiger partial charge >= 0.3 is 0 Å². The Morgan fingerprint density at radius 1 is 1.04 bits per heavy atom. The number of methoxy groups -OCH3 is 2. The van der Waals surface area contributed by atoms with E-state index >= 15 is 0 Å². The van der Waals surface area contributed by atoms with Crippen LogP contribution in [-0.2, 0) is 11.3 Å². The predicted octanol–water partition coefficient (Wildman–Crippen LogP) is 3.92. The maximum Gasteiger partial charge on any atom is 0.167 e. The SMILES string of the molecule is COc1ccc(Nc2nc(-c3c(F)cccc3F)nc3c2C(OC)NC3)cc1. The van der Waals surface area contributed by atoms with Crippen LogP contribution in [0, 0.1) is 11.6 Å². The van der Waals surface area contributed by atoms with Crippen molar-refractivity contribution in [1.29, 1.82) is 0 Å². The Kier molecular flexibility index (Phi) is 4.89. The third kappa shape index (κ3) is 3.28. The molecule has 1 atom stereocenters. The fourth-order valence-corrected chi connectivity index (χ4v) is 3.15. The second-order valence-electron chi connectivity index (χ2n) is 6.20. The fraction of sp³-hybridized carbons (Fsp3) is 0.200. The van der Waals surface area contributed by atoms with Gasteiger partial charge in [-0.15, -0.1) is 0 Å². The van der Waals surface area contributed by atoms with Crippen LogP contribution in [0.4, 0.5) is 20.3 Å². The van der Waals surface area contributed by atoms with Crippen LogP contribution < -0.4 is 15.4 Å². The fourth-order valence-electron chi connectivity index (χ4n) is 3.15. The van der Waals surface area contributed by atoms with Gasteiger partial charge < -0.3 is 14.8 Å². The predicted molar refractivity (Wildman–Crippen MR) is 100 cm³/mol. The van der Waals surface area contributed by atoms with Gasteiger partial charge in [-0.1, -0.05) is 6.07 Å². The number of hydrogen-bond acceptors (Lipinski definition) is 6. The number of nitrogens with one attached hydrogen (secondary N) is 2. The summed E-state index contributed by atoms with van der Waals surface area (Å²) in [6.45, 7) is 0.400. The highest BCUT2D eigenvalue weighted by molar-refractivity contribution is 5.67. The van der Waals surface area contributed by atoms with Crippen molar-refractivity contribution in [2.75, 3.05) is 19.5 Å². The van der Waals surface area contributed by atoms with Crippen molar-refractivity contribution in [1.82, 2.24) is 15.3 Å². The van der Waals surface area contributed by atoms with Gasteiger partial charge in [-0.2, -0.15) is 0 Å². The maximum absolute atomic E-state index is 14.3. The minimum absolute atomic E-state index is 0.0242. The summed E-state index contributed by atoms with van der Waals surface area (Å²) in [5.74, 6) is -0.327. The molecule has 0 saturated carbocycles. The molecular formula is C20H18F2N4O2. The van der Waals surface area contributed by atoms with E-state index < -0.39 is 17.9 Å². The molecule has 1 unspecified atom stereocenters. The van der Waals surface area contributed by atoms with Gasteiger partial charge in [-0.25, -0.2) is 18.7 Å². The minimum Gasteiger partial charge on any atom is -0.497 e. The molecule has 3 aromatic rings. The standard InChI is InChI=1S/C20H18F2N4O2/c1-27-12-8-6-11(7-9-12)24-19-17-15(10-23-20(17)28-2)25-18(26-19)16-13(21)4-3-5-14(16)22/h3-9,20,23H,10H2,1-2H3,(H,24,25,26). The Bertz CT molecular complexity index is 992. The topological polar surface area (TPSA) is 68.3 Å². The molecule has 2 aromatic carbocycles. The molecule has 4 rings (SSSR count). The lowest BCUT2D eigenvalue weighted by atomic mass is 10.1. The van der Waals surface area contributed by atoms with Crippen molar-refractivity contribution >= 4 is 11.5 Å². The lowest BCUT2D eigenvalue weighted by molar-refractivity contribution is 0.0832. The van der Waals surface area contributed by atoms with Crippen molar-refractivity contribution in [3.05, 3.63) is 65.4 Å². The van der Waals surface area contributed by atoms with E-state index in [1.54, 1.807) is 26.4 Å². The molecule has 0 radical (unpaired) electrons. The summed E-state index contributed by atoms with van der Waals surface area (Å²) >= 11 is 0. The number of aromatic nitrogens is 2. The molecule has 6 nitrogen and oxygen atoms in total. The summed E-state index contributed by atoms with van der Waals surface area (Å²) in [7, 11) is 3.15. The van der Waals surface area contributed by atoms with Gasteiger partial charge in [0.15, 0.2) is 5.82 Å². The van der Waals surface area contributed by atoms with Crippen LogP contribution in [0.25, 0.3) is 11.4 Å². The van der Waals surface area contributed by atoms with Gasteiger partial charge in [0.1, 0.15) is 29.4 Å². The number of halogens is 2. The largest absolute Gasteiger partial charge is 0.497 e. The van der Waals surface area contributed by atoms with Crippen LogP contribution in [0.2, 0.25) is 0 Å². The van der Waals surface area contributed by atoms with Gasteiger partial charge in [-0.05, 0) is 36.4 Å². The Labute approximate surface area is 160 Å². The summed E-state index contributed by atoms with van der Waals surface area (Å²) in [6, 6.07) is 10.9. The first-order chi connectivity index (χ1) is 13.6. The number of benzene rings is 2. The molecule has 2 heterocycles. The van der Waals surface area contributed by atoms with Crippen LogP contribution in [0.3, 0.4) is 0 Å². The van der Waals surface area contributed by atoms with E-state index in [0.717, 1.165) is 5.69 Å².